The van der Waals surface area contributed by atoms with Crippen LogP contribution in [0, 0.1) is 12.7 Å². The molecule has 3 aromatic carbocycles. The lowest BCUT2D eigenvalue weighted by atomic mass is 10.1. The van der Waals surface area contributed by atoms with Crippen molar-refractivity contribution in [3.8, 4) is 0 Å². The van der Waals surface area contributed by atoms with Gasteiger partial charge in [-0.1, -0.05) is 12.6 Å². The molecule has 1 fully saturated rings. The van der Waals surface area contributed by atoms with E-state index in [2.05, 4.69) is 11.9 Å². The Kier molecular flexibility index (Phi) is 6.77. The van der Waals surface area contributed by atoms with Crippen LogP contribution < -0.4 is 10.2 Å². The van der Waals surface area contributed by atoms with Gasteiger partial charge in [0, 0.05) is 47.0 Å². The predicted octanol–water partition coefficient (Wildman–Crippen LogP) is 6.29. The van der Waals surface area contributed by atoms with Crippen molar-refractivity contribution in [1.82, 2.24) is 4.90 Å². The summed E-state index contributed by atoms with van der Waals surface area (Å²) in [5.41, 5.74) is 4.95. The number of anilines is 3. The van der Waals surface area contributed by atoms with Gasteiger partial charge in [0.2, 0.25) is 0 Å². The summed E-state index contributed by atoms with van der Waals surface area (Å²) in [7, 11) is 0. The van der Waals surface area contributed by atoms with Gasteiger partial charge in [-0.2, -0.15) is 0 Å². The molecule has 0 bridgehead atoms. The fraction of sp³-hybridized carbons (Fsp3) is 0.214. The molecule has 1 aliphatic rings. The van der Waals surface area contributed by atoms with Gasteiger partial charge in [-0.3, -0.25) is 9.59 Å². The second-order valence-corrected chi connectivity index (χ2v) is 8.58. The Hall–Kier alpha value is -3.93. The number of rotatable bonds is 6. The van der Waals surface area contributed by atoms with Gasteiger partial charge >= 0.3 is 0 Å². The van der Waals surface area contributed by atoms with E-state index in [1.807, 2.05) is 29.7 Å². The first-order valence-electron chi connectivity index (χ1n) is 11.4. The van der Waals surface area contributed by atoms with Crippen molar-refractivity contribution in [3.05, 3.63) is 102 Å². The van der Waals surface area contributed by atoms with Crippen LogP contribution in [0.3, 0.4) is 0 Å². The van der Waals surface area contributed by atoms with Crippen LogP contribution >= 0.6 is 0 Å². The van der Waals surface area contributed by atoms with E-state index in [0.717, 1.165) is 48.6 Å². The summed E-state index contributed by atoms with van der Waals surface area (Å²) in [6.07, 6.45) is 2.09. The van der Waals surface area contributed by atoms with E-state index in [1.165, 1.54) is 12.1 Å². The van der Waals surface area contributed by atoms with Gasteiger partial charge in [0.15, 0.2) is 0 Å². The van der Waals surface area contributed by atoms with Crippen LogP contribution in [0.15, 0.2) is 79.0 Å². The first kappa shape index (κ1) is 23.2. The Morgan fingerprint density at radius 1 is 0.941 bits per heavy atom. The smallest absolute Gasteiger partial charge is 0.255 e. The van der Waals surface area contributed by atoms with Gasteiger partial charge in [-0.05, 0) is 92.9 Å². The summed E-state index contributed by atoms with van der Waals surface area (Å²) >= 11 is 0. The number of carbonyl (C=O) groups excluding carboxylic acids is 2. The topological polar surface area (TPSA) is 52.7 Å². The van der Waals surface area contributed by atoms with Crippen molar-refractivity contribution >= 4 is 28.9 Å². The first-order chi connectivity index (χ1) is 16.3. The molecule has 2 amide bonds. The van der Waals surface area contributed by atoms with Crippen molar-refractivity contribution < 1.29 is 14.0 Å². The van der Waals surface area contributed by atoms with Crippen LogP contribution in [0.2, 0.25) is 0 Å². The van der Waals surface area contributed by atoms with Crippen molar-refractivity contribution in [2.24, 2.45) is 0 Å². The summed E-state index contributed by atoms with van der Waals surface area (Å²) < 4.78 is 13.4. The summed E-state index contributed by atoms with van der Waals surface area (Å²) in [5, 5.41) is 2.90. The molecule has 5 nitrogen and oxygen atoms in total. The lowest BCUT2D eigenvalue weighted by Crippen LogP contribution is -2.27. The van der Waals surface area contributed by atoms with Gasteiger partial charge in [0.25, 0.3) is 11.8 Å². The van der Waals surface area contributed by atoms with Crippen molar-refractivity contribution in [2.75, 3.05) is 23.3 Å². The standard InChI is InChI=1S/C28H28FN3O2/c1-19(2)32(25-14-10-23(29)11-15-25)26-18-22(7-6-20(26)3)27(33)30-24-12-8-21(9-13-24)28(34)31-16-4-5-17-31/h6-15,18H,1,4-5,16-17H2,2-3H3,(H,30,33). The average molecular weight is 458 g/mol. The Labute approximate surface area is 199 Å². The first-order valence-corrected chi connectivity index (χ1v) is 11.4. The minimum absolute atomic E-state index is 0.0271. The molecule has 34 heavy (non-hydrogen) atoms. The second-order valence-electron chi connectivity index (χ2n) is 8.58. The number of halogens is 1. The van der Waals surface area contributed by atoms with E-state index < -0.39 is 0 Å². The number of benzene rings is 3. The van der Waals surface area contributed by atoms with E-state index in [4.69, 9.17) is 0 Å². The summed E-state index contributed by atoms with van der Waals surface area (Å²) in [4.78, 5) is 29.3. The zero-order chi connectivity index (χ0) is 24.2. The molecule has 0 atom stereocenters. The van der Waals surface area contributed by atoms with Crippen LogP contribution in [-0.4, -0.2) is 29.8 Å². The van der Waals surface area contributed by atoms with Crippen molar-refractivity contribution in [3.63, 3.8) is 0 Å². The quantitative estimate of drug-likeness (QED) is 0.473. The minimum atomic E-state index is -0.316. The van der Waals surface area contributed by atoms with E-state index >= 15 is 0 Å². The highest BCUT2D eigenvalue weighted by Crippen LogP contribution is 2.33. The van der Waals surface area contributed by atoms with Crippen LogP contribution in [0.5, 0.6) is 0 Å². The SMILES string of the molecule is C=C(C)N(c1ccc(F)cc1)c1cc(C(=O)Nc2ccc(C(=O)N3CCCC3)cc2)ccc1C. The fourth-order valence-electron chi connectivity index (χ4n) is 4.15. The van der Waals surface area contributed by atoms with Gasteiger partial charge in [0.05, 0.1) is 0 Å². The molecule has 0 aliphatic carbocycles. The molecule has 1 saturated heterocycles. The van der Waals surface area contributed by atoms with Gasteiger partial charge in [-0.15, -0.1) is 0 Å². The maximum atomic E-state index is 13.4. The van der Waals surface area contributed by atoms with E-state index in [0.29, 0.717) is 16.8 Å². The molecule has 0 radical (unpaired) electrons. The van der Waals surface area contributed by atoms with Crippen LogP contribution in [0.25, 0.3) is 0 Å². The summed E-state index contributed by atoms with van der Waals surface area (Å²) in [6, 6.07) is 18.6. The van der Waals surface area contributed by atoms with Crippen LogP contribution in [0.4, 0.5) is 21.5 Å². The molecule has 3 aromatic rings. The number of nitrogens with one attached hydrogen (secondary N) is 1. The van der Waals surface area contributed by atoms with Gasteiger partial charge in [-0.25, -0.2) is 4.39 Å². The highest BCUT2D eigenvalue weighted by atomic mass is 19.1. The molecule has 1 heterocycles. The zero-order valence-corrected chi connectivity index (χ0v) is 19.5. The maximum absolute atomic E-state index is 13.4. The Morgan fingerprint density at radius 2 is 1.56 bits per heavy atom. The van der Waals surface area contributed by atoms with E-state index in [1.54, 1.807) is 48.5 Å². The molecule has 0 spiro atoms. The molecule has 6 heteroatoms. The van der Waals surface area contributed by atoms with E-state index in [-0.39, 0.29) is 17.6 Å². The molecular weight excluding hydrogens is 429 g/mol. The third-order valence-electron chi connectivity index (χ3n) is 5.96. The third-order valence-corrected chi connectivity index (χ3v) is 5.96. The van der Waals surface area contributed by atoms with Crippen molar-refractivity contribution in [1.29, 1.82) is 0 Å². The van der Waals surface area contributed by atoms with Crippen LogP contribution in [0.1, 0.15) is 46.0 Å². The lowest BCUT2D eigenvalue weighted by Gasteiger charge is -2.27. The van der Waals surface area contributed by atoms with Crippen molar-refractivity contribution in [2.45, 2.75) is 26.7 Å². The number of hydrogen-bond acceptors (Lipinski definition) is 3. The van der Waals surface area contributed by atoms with Gasteiger partial charge < -0.3 is 15.1 Å². The highest BCUT2D eigenvalue weighted by molar-refractivity contribution is 6.05. The molecule has 1 aliphatic heterocycles. The number of carbonyl (C=O) groups is 2. The third kappa shape index (κ3) is 5.01. The van der Waals surface area contributed by atoms with E-state index in [9.17, 15) is 14.0 Å². The Balaban J connectivity index is 1.53. The maximum Gasteiger partial charge on any atom is 0.255 e. The average Bonchev–Trinajstić information content (AvgIpc) is 3.36. The largest absolute Gasteiger partial charge is 0.339 e. The zero-order valence-electron chi connectivity index (χ0n) is 19.5. The molecule has 4 rings (SSSR count). The molecule has 174 valence electrons. The molecule has 1 N–H and O–H groups in total. The normalized spacial score (nSPS) is 13.0. The number of amides is 2. The number of allylic oxidation sites excluding steroid dienone is 1. The minimum Gasteiger partial charge on any atom is -0.339 e. The molecule has 0 saturated carbocycles. The Morgan fingerprint density at radius 3 is 2.18 bits per heavy atom. The monoisotopic (exact) mass is 457 g/mol. The summed E-state index contributed by atoms with van der Waals surface area (Å²) in [5.74, 6) is -0.553. The number of nitrogens with zero attached hydrogens (tertiary/aromatic N) is 2. The number of likely N-dealkylation sites (tertiary alicyclic amines) is 1. The molecule has 0 unspecified atom stereocenters. The molecular formula is C28H28FN3O2. The fourth-order valence-corrected chi connectivity index (χ4v) is 4.15. The second kappa shape index (κ2) is 9.91. The van der Waals surface area contributed by atoms with Crippen LogP contribution in [-0.2, 0) is 0 Å². The number of hydrogen-bond donors (Lipinski definition) is 1. The Bertz CT molecular complexity index is 1210. The molecule has 0 aromatic heterocycles. The highest BCUT2D eigenvalue weighted by Gasteiger charge is 2.20. The predicted molar refractivity (Wildman–Crippen MR) is 134 cm³/mol. The lowest BCUT2D eigenvalue weighted by molar-refractivity contribution is 0.0792. The summed E-state index contributed by atoms with van der Waals surface area (Å²) in [6.45, 7) is 9.47. The van der Waals surface area contributed by atoms with Gasteiger partial charge in [0.1, 0.15) is 5.82 Å². The number of aryl methyl sites for hydroxylation is 1.